The van der Waals surface area contributed by atoms with Crippen molar-refractivity contribution in [3.63, 3.8) is 0 Å². The molecule has 0 amide bonds. The molecule has 0 rings (SSSR count). The van der Waals surface area contributed by atoms with Gasteiger partial charge in [0.1, 0.15) is 0 Å². The highest BCUT2D eigenvalue weighted by Crippen LogP contribution is 2.40. The normalized spacial score (nSPS) is 10.7. The van der Waals surface area contributed by atoms with Crippen LogP contribution in [0.4, 0.5) is 0 Å². The number of unbranched alkanes of at least 4 members (excludes halogenated alkanes) is 15. The predicted octanol–water partition coefficient (Wildman–Crippen LogP) is 8.87. The van der Waals surface area contributed by atoms with E-state index in [-0.39, 0.29) is 30.7 Å². The van der Waals surface area contributed by atoms with E-state index in [1.54, 1.807) is 0 Å². The number of rotatable bonds is 24. The minimum absolute atomic E-state index is 0. The van der Waals surface area contributed by atoms with Crippen molar-refractivity contribution in [1.29, 1.82) is 0 Å². The van der Waals surface area contributed by atoms with Crippen molar-refractivity contribution in [2.75, 3.05) is 6.61 Å². The molecule has 0 saturated carbocycles. The number of carboxylic acids is 1. The number of carboxylic acid groups (broad SMARTS) is 1. The van der Waals surface area contributed by atoms with Crippen molar-refractivity contribution in [3.8, 4) is 0 Å². The molecule has 0 unspecified atom stereocenters. The Labute approximate surface area is 220 Å². The summed E-state index contributed by atoms with van der Waals surface area (Å²) in [6.07, 6.45) is 27.5. The lowest BCUT2D eigenvalue weighted by Crippen LogP contribution is -2.33. The Morgan fingerprint density at radius 2 is 0.771 bits per heavy atom. The smallest absolute Gasteiger partial charge is 0.0419 e. The van der Waals surface area contributed by atoms with Crippen LogP contribution in [-0.2, 0) is 4.79 Å². The molecule has 0 fully saturated rings. The second kappa shape index (κ2) is 33.4. The van der Waals surface area contributed by atoms with E-state index >= 15 is 0 Å². The van der Waals surface area contributed by atoms with Crippen molar-refractivity contribution in [3.05, 3.63) is 0 Å². The van der Waals surface area contributed by atoms with E-state index in [0.717, 1.165) is 25.7 Å². The second-order valence-corrected chi connectivity index (χ2v) is 10.3. The maximum atomic E-state index is 11.6. The van der Waals surface area contributed by atoms with Gasteiger partial charge in [-0.15, -0.1) is 6.61 Å². The van der Waals surface area contributed by atoms with Crippen molar-refractivity contribution in [2.45, 2.75) is 175 Å². The SMILES string of the molecule is CCCCCCCCC(CCCCCCCC)(CCCCCCCC)CC(=O)[O-].CCC[O-].[NH4+].[NH4+]. The molecule has 5 nitrogen and oxygen atoms in total. The zero-order valence-electron chi connectivity index (χ0n) is 25.2. The third kappa shape index (κ3) is 31.3. The Kier molecular flexibility index (Phi) is 39.5. The van der Waals surface area contributed by atoms with Crippen molar-refractivity contribution >= 4 is 5.97 Å². The lowest BCUT2D eigenvalue weighted by atomic mass is 9.71. The van der Waals surface area contributed by atoms with Crippen LogP contribution in [0.25, 0.3) is 0 Å². The average molecular weight is 505 g/mol. The topological polar surface area (TPSA) is 136 Å². The van der Waals surface area contributed by atoms with E-state index in [1.807, 2.05) is 6.92 Å². The summed E-state index contributed by atoms with van der Waals surface area (Å²) in [6, 6.07) is 0. The van der Waals surface area contributed by atoms with Gasteiger partial charge in [-0.1, -0.05) is 150 Å². The largest absolute Gasteiger partial charge is 0.854 e. The monoisotopic (exact) mass is 505 g/mol. The first-order chi connectivity index (χ1) is 16.0. The molecule has 0 radical (unpaired) electrons. The molecule has 0 aliphatic heterocycles. The molecule has 0 atom stereocenters. The first-order valence-corrected chi connectivity index (χ1v) is 14.8. The van der Waals surface area contributed by atoms with Gasteiger partial charge in [0.05, 0.1) is 0 Å². The number of carbonyl (C=O) groups excluding carboxylic acids is 1. The van der Waals surface area contributed by atoms with Gasteiger partial charge >= 0.3 is 0 Å². The molecule has 0 aliphatic rings. The van der Waals surface area contributed by atoms with Gasteiger partial charge in [-0.25, -0.2) is 0 Å². The molecule has 8 N–H and O–H groups in total. The van der Waals surface area contributed by atoms with Crippen LogP contribution in [0.5, 0.6) is 0 Å². The molecular weight excluding hydrogens is 436 g/mol. The quantitative estimate of drug-likeness (QED) is 0.127. The highest BCUT2D eigenvalue weighted by atomic mass is 16.4. The molecule has 0 saturated heterocycles. The summed E-state index contributed by atoms with van der Waals surface area (Å²) in [5.41, 5.74) is -0.000891. The lowest BCUT2D eigenvalue weighted by molar-refractivity contribution is -0.367. The van der Waals surface area contributed by atoms with Crippen LogP contribution in [0.2, 0.25) is 0 Å². The fourth-order valence-electron chi connectivity index (χ4n) is 4.79. The van der Waals surface area contributed by atoms with Crippen LogP contribution >= 0.6 is 0 Å². The number of carbonyl (C=O) groups is 1. The number of quaternary nitrogens is 2. The number of aliphatic carboxylic acids is 1. The zero-order chi connectivity index (χ0) is 25.0. The van der Waals surface area contributed by atoms with E-state index < -0.39 is 5.97 Å². The van der Waals surface area contributed by atoms with E-state index in [2.05, 4.69) is 20.8 Å². The molecular formula is C30H68N2O3. The van der Waals surface area contributed by atoms with Gasteiger partial charge in [-0.3, -0.25) is 0 Å². The maximum absolute atomic E-state index is 11.6. The van der Waals surface area contributed by atoms with Crippen LogP contribution in [0, 0.1) is 5.41 Å². The Bertz CT molecular complexity index is 349. The van der Waals surface area contributed by atoms with E-state index in [0.29, 0.717) is 0 Å². The van der Waals surface area contributed by atoms with Crippen LogP contribution in [0.3, 0.4) is 0 Å². The predicted molar refractivity (Wildman–Crippen MR) is 153 cm³/mol. The van der Waals surface area contributed by atoms with Crippen molar-refractivity contribution in [2.24, 2.45) is 5.41 Å². The van der Waals surface area contributed by atoms with Crippen LogP contribution in [0.1, 0.15) is 175 Å². The summed E-state index contributed by atoms with van der Waals surface area (Å²) in [5.74, 6) is -0.826. The van der Waals surface area contributed by atoms with Gasteiger partial charge < -0.3 is 27.3 Å². The van der Waals surface area contributed by atoms with Crippen LogP contribution < -0.4 is 22.5 Å². The molecule has 35 heavy (non-hydrogen) atoms. The van der Waals surface area contributed by atoms with Crippen molar-refractivity contribution in [1.82, 2.24) is 12.3 Å². The average Bonchev–Trinajstić information content (AvgIpc) is 2.80. The van der Waals surface area contributed by atoms with Gasteiger partial charge in [0.15, 0.2) is 0 Å². The summed E-state index contributed by atoms with van der Waals surface area (Å²) in [7, 11) is 0. The zero-order valence-corrected chi connectivity index (χ0v) is 25.2. The Balaban J connectivity index is -0.000000738. The summed E-state index contributed by atoms with van der Waals surface area (Å²) >= 11 is 0. The molecule has 216 valence electrons. The molecule has 0 aliphatic carbocycles. The van der Waals surface area contributed by atoms with E-state index in [1.165, 1.54) is 116 Å². The third-order valence-corrected chi connectivity index (χ3v) is 6.91. The Morgan fingerprint density at radius 3 is 1.00 bits per heavy atom. The molecule has 0 aromatic rings. The second-order valence-electron chi connectivity index (χ2n) is 10.3. The van der Waals surface area contributed by atoms with Gasteiger partial charge in [0, 0.05) is 5.97 Å². The Hall–Kier alpha value is -0.650. The van der Waals surface area contributed by atoms with Crippen molar-refractivity contribution < 1.29 is 15.0 Å². The minimum Gasteiger partial charge on any atom is -0.854 e. The highest BCUT2D eigenvalue weighted by Gasteiger charge is 2.28. The molecule has 0 aromatic carbocycles. The number of hydrogen-bond donors (Lipinski definition) is 2. The van der Waals surface area contributed by atoms with Crippen LogP contribution in [0.15, 0.2) is 0 Å². The minimum atomic E-state index is -0.826. The van der Waals surface area contributed by atoms with Crippen LogP contribution in [-0.4, -0.2) is 12.6 Å². The maximum Gasteiger partial charge on any atom is 0.0419 e. The van der Waals surface area contributed by atoms with Gasteiger partial charge in [0.2, 0.25) is 0 Å². The first kappa shape index (κ1) is 41.5. The fourth-order valence-corrected chi connectivity index (χ4v) is 4.79. The Morgan fingerprint density at radius 1 is 0.514 bits per heavy atom. The summed E-state index contributed by atoms with van der Waals surface area (Å²) in [5, 5.41) is 20.9. The third-order valence-electron chi connectivity index (χ3n) is 6.91. The van der Waals surface area contributed by atoms with E-state index in [4.69, 9.17) is 0 Å². The summed E-state index contributed by atoms with van der Waals surface area (Å²) in [6.45, 7) is 8.71. The molecule has 0 bridgehead atoms. The molecule has 0 heterocycles. The first-order valence-electron chi connectivity index (χ1n) is 14.8. The number of hydrogen-bond acceptors (Lipinski definition) is 3. The van der Waals surface area contributed by atoms with Gasteiger partial charge in [-0.05, 0) is 31.1 Å². The fraction of sp³-hybridized carbons (Fsp3) is 0.967. The molecule has 0 aromatic heterocycles. The summed E-state index contributed by atoms with van der Waals surface area (Å²) < 4.78 is 0. The standard InChI is InChI=1S/C27H54O2.C3H7O.2H3N/c1-4-7-10-13-16-19-22-27(25-26(28)29,23-20-17-14-11-8-5-2)24-21-18-15-12-9-6-3;1-2-3-4;;/h4-25H2,1-3H3,(H,28,29);2-3H2,1H3;2*1H3/q;-1;;/p+1. The van der Waals surface area contributed by atoms with Gasteiger partial charge in [0.25, 0.3) is 0 Å². The lowest BCUT2D eigenvalue weighted by Gasteiger charge is -2.35. The molecule has 0 spiro atoms. The summed E-state index contributed by atoms with van der Waals surface area (Å²) in [4.78, 5) is 11.6. The molecule has 5 heteroatoms. The van der Waals surface area contributed by atoms with Gasteiger partial charge in [-0.2, -0.15) is 0 Å². The van der Waals surface area contributed by atoms with E-state index in [9.17, 15) is 15.0 Å². The highest BCUT2D eigenvalue weighted by molar-refractivity contribution is 5.65.